The van der Waals surface area contributed by atoms with E-state index >= 15 is 0 Å². The predicted octanol–water partition coefficient (Wildman–Crippen LogP) is 3.54. The maximum absolute atomic E-state index is 2.66. The van der Waals surface area contributed by atoms with E-state index in [1.165, 1.54) is 32.4 Å². The molecule has 1 aliphatic rings. The molecule has 14 heavy (non-hydrogen) atoms. The molecule has 0 amide bonds. The SMILES string of the molecule is CCCN1CCC(C(C)(C)C)CC1C. The Hall–Kier alpha value is -0.0400. The van der Waals surface area contributed by atoms with Crippen LogP contribution in [0.3, 0.4) is 0 Å². The van der Waals surface area contributed by atoms with Crippen LogP contribution in [0.25, 0.3) is 0 Å². The van der Waals surface area contributed by atoms with E-state index in [-0.39, 0.29) is 0 Å². The fourth-order valence-electron chi connectivity index (χ4n) is 2.63. The summed E-state index contributed by atoms with van der Waals surface area (Å²) in [6.07, 6.45) is 4.09. The predicted molar refractivity (Wildman–Crippen MR) is 63.5 cm³/mol. The molecule has 0 aromatic rings. The van der Waals surface area contributed by atoms with Gasteiger partial charge in [0.05, 0.1) is 0 Å². The molecule has 1 rings (SSSR count). The molecule has 1 aliphatic heterocycles. The normalized spacial score (nSPS) is 30.6. The fraction of sp³-hybridized carbons (Fsp3) is 1.00. The Balaban J connectivity index is 2.46. The van der Waals surface area contributed by atoms with E-state index in [2.05, 4.69) is 39.5 Å². The molecular weight excluding hydrogens is 170 g/mol. The minimum absolute atomic E-state index is 0.507. The van der Waals surface area contributed by atoms with Gasteiger partial charge in [0.25, 0.3) is 0 Å². The molecule has 2 atom stereocenters. The molecule has 0 N–H and O–H groups in total. The average Bonchev–Trinajstić information content (AvgIpc) is 2.07. The summed E-state index contributed by atoms with van der Waals surface area (Å²) in [7, 11) is 0. The molecule has 0 aliphatic carbocycles. The highest BCUT2D eigenvalue weighted by molar-refractivity contribution is 4.84. The largest absolute Gasteiger partial charge is 0.301 e. The molecule has 1 fully saturated rings. The molecule has 1 heteroatoms. The molecule has 0 bridgehead atoms. The maximum atomic E-state index is 2.66. The van der Waals surface area contributed by atoms with E-state index < -0.39 is 0 Å². The third kappa shape index (κ3) is 2.98. The first-order chi connectivity index (χ1) is 6.45. The summed E-state index contributed by atoms with van der Waals surface area (Å²) in [5.74, 6) is 0.922. The van der Waals surface area contributed by atoms with Crippen LogP contribution < -0.4 is 0 Å². The Bertz CT molecular complexity index is 169. The van der Waals surface area contributed by atoms with Crippen LogP contribution in [0.1, 0.15) is 53.9 Å². The van der Waals surface area contributed by atoms with Crippen LogP contribution >= 0.6 is 0 Å². The van der Waals surface area contributed by atoms with Crippen LogP contribution in [0, 0.1) is 11.3 Å². The van der Waals surface area contributed by atoms with Gasteiger partial charge in [-0.2, -0.15) is 0 Å². The second-order valence-electron chi connectivity index (χ2n) is 5.97. The van der Waals surface area contributed by atoms with E-state index in [1.54, 1.807) is 0 Å². The van der Waals surface area contributed by atoms with Crippen molar-refractivity contribution >= 4 is 0 Å². The second-order valence-corrected chi connectivity index (χ2v) is 5.97. The number of piperidine rings is 1. The highest BCUT2D eigenvalue weighted by Crippen LogP contribution is 2.36. The molecule has 1 saturated heterocycles. The van der Waals surface area contributed by atoms with Crippen LogP contribution in [0.4, 0.5) is 0 Å². The van der Waals surface area contributed by atoms with Crippen LogP contribution in [0.15, 0.2) is 0 Å². The Morgan fingerprint density at radius 2 is 1.93 bits per heavy atom. The monoisotopic (exact) mass is 197 g/mol. The maximum Gasteiger partial charge on any atom is 0.00697 e. The lowest BCUT2D eigenvalue weighted by atomic mass is 9.73. The Kier molecular flexibility index (Phi) is 4.00. The molecular formula is C13H27N. The van der Waals surface area contributed by atoms with Gasteiger partial charge < -0.3 is 4.90 Å². The lowest BCUT2D eigenvalue weighted by Gasteiger charge is -2.42. The van der Waals surface area contributed by atoms with Crippen molar-refractivity contribution in [2.24, 2.45) is 11.3 Å². The van der Waals surface area contributed by atoms with E-state index in [0.29, 0.717) is 5.41 Å². The van der Waals surface area contributed by atoms with Gasteiger partial charge in [-0.25, -0.2) is 0 Å². The molecule has 84 valence electrons. The third-order valence-corrected chi connectivity index (χ3v) is 3.75. The second kappa shape index (κ2) is 4.65. The summed E-state index contributed by atoms with van der Waals surface area (Å²) < 4.78 is 0. The smallest absolute Gasteiger partial charge is 0.00697 e. The zero-order chi connectivity index (χ0) is 10.8. The highest BCUT2D eigenvalue weighted by atomic mass is 15.2. The summed E-state index contributed by atoms with van der Waals surface area (Å²) in [6.45, 7) is 14.4. The standard InChI is InChI=1S/C13H27N/c1-6-8-14-9-7-12(10-11(14)2)13(3,4)5/h11-12H,6-10H2,1-5H3. The van der Waals surface area contributed by atoms with Gasteiger partial charge in [-0.05, 0) is 50.6 Å². The highest BCUT2D eigenvalue weighted by Gasteiger charge is 2.31. The minimum atomic E-state index is 0.507. The lowest BCUT2D eigenvalue weighted by molar-refractivity contribution is 0.0700. The molecule has 0 aromatic carbocycles. The summed E-state index contributed by atoms with van der Waals surface area (Å²) in [6, 6.07) is 0.799. The molecule has 0 saturated carbocycles. The van der Waals surface area contributed by atoms with Crippen molar-refractivity contribution < 1.29 is 0 Å². The summed E-state index contributed by atoms with van der Waals surface area (Å²) >= 11 is 0. The van der Waals surface area contributed by atoms with Crippen molar-refractivity contribution in [1.29, 1.82) is 0 Å². The Morgan fingerprint density at radius 3 is 2.36 bits per heavy atom. The quantitative estimate of drug-likeness (QED) is 0.654. The van der Waals surface area contributed by atoms with Gasteiger partial charge >= 0.3 is 0 Å². The summed E-state index contributed by atoms with van der Waals surface area (Å²) in [4.78, 5) is 2.66. The van der Waals surface area contributed by atoms with Crippen LogP contribution in [0.2, 0.25) is 0 Å². The van der Waals surface area contributed by atoms with Crippen molar-refractivity contribution in [2.45, 2.75) is 59.9 Å². The first-order valence-corrected chi connectivity index (χ1v) is 6.19. The third-order valence-electron chi connectivity index (χ3n) is 3.75. The van der Waals surface area contributed by atoms with Crippen molar-refractivity contribution in [3.05, 3.63) is 0 Å². The van der Waals surface area contributed by atoms with Crippen LogP contribution in [-0.2, 0) is 0 Å². The van der Waals surface area contributed by atoms with Gasteiger partial charge in [0.2, 0.25) is 0 Å². The van der Waals surface area contributed by atoms with Crippen LogP contribution in [-0.4, -0.2) is 24.0 Å². The van der Waals surface area contributed by atoms with Crippen LogP contribution in [0.5, 0.6) is 0 Å². The van der Waals surface area contributed by atoms with Gasteiger partial charge in [0.15, 0.2) is 0 Å². The molecule has 0 aromatic heterocycles. The number of hydrogen-bond donors (Lipinski definition) is 0. The van der Waals surface area contributed by atoms with E-state index in [9.17, 15) is 0 Å². The Labute approximate surface area is 89.9 Å². The van der Waals surface area contributed by atoms with E-state index in [1.807, 2.05) is 0 Å². The van der Waals surface area contributed by atoms with Crippen molar-refractivity contribution in [3.63, 3.8) is 0 Å². The number of rotatable bonds is 2. The van der Waals surface area contributed by atoms with Gasteiger partial charge in [0, 0.05) is 6.04 Å². The number of hydrogen-bond acceptors (Lipinski definition) is 1. The molecule has 1 heterocycles. The first kappa shape index (κ1) is 12.0. The Morgan fingerprint density at radius 1 is 1.29 bits per heavy atom. The zero-order valence-electron chi connectivity index (χ0n) is 10.6. The molecule has 1 nitrogen and oxygen atoms in total. The number of likely N-dealkylation sites (tertiary alicyclic amines) is 1. The van der Waals surface area contributed by atoms with Gasteiger partial charge in [0.1, 0.15) is 0 Å². The van der Waals surface area contributed by atoms with Crippen molar-refractivity contribution in [3.8, 4) is 0 Å². The molecule has 0 spiro atoms. The fourth-order valence-corrected chi connectivity index (χ4v) is 2.63. The van der Waals surface area contributed by atoms with Crippen molar-refractivity contribution in [2.75, 3.05) is 13.1 Å². The van der Waals surface area contributed by atoms with Crippen molar-refractivity contribution in [1.82, 2.24) is 4.90 Å². The summed E-state index contributed by atoms with van der Waals surface area (Å²) in [5, 5.41) is 0. The number of nitrogens with zero attached hydrogens (tertiary/aromatic N) is 1. The van der Waals surface area contributed by atoms with Gasteiger partial charge in [-0.3, -0.25) is 0 Å². The lowest BCUT2D eigenvalue weighted by Crippen LogP contribution is -2.44. The molecule has 0 radical (unpaired) electrons. The molecule has 2 unspecified atom stereocenters. The average molecular weight is 197 g/mol. The first-order valence-electron chi connectivity index (χ1n) is 6.19. The van der Waals surface area contributed by atoms with E-state index in [4.69, 9.17) is 0 Å². The minimum Gasteiger partial charge on any atom is -0.301 e. The topological polar surface area (TPSA) is 3.24 Å². The van der Waals surface area contributed by atoms with Gasteiger partial charge in [-0.1, -0.05) is 27.7 Å². The van der Waals surface area contributed by atoms with E-state index in [0.717, 1.165) is 12.0 Å². The van der Waals surface area contributed by atoms with Gasteiger partial charge in [-0.15, -0.1) is 0 Å². The zero-order valence-corrected chi connectivity index (χ0v) is 10.6. The summed E-state index contributed by atoms with van der Waals surface area (Å²) in [5.41, 5.74) is 0.507.